The van der Waals surface area contributed by atoms with Crippen molar-refractivity contribution < 1.29 is 18.4 Å². The summed E-state index contributed by atoms with van der Waals surface area (Å²) in [6.07, 6.45) is 0. The van der Waals surface area contributed by atoms with E-state index in [1.165, 1.54) is 21.7 Å². The predicted molar refractivity (Wildman–Crippen MR) is 87.1 cm³/mol. The molecule has 1 saturated heterocycles. The van der Waals surface area contributed by atoms with E-state index in [9.17, 15) is 18.4 Å². The van der Waals surface area contributed by atoms with Crippen LogP contribution < -0.4 is 5.32 Å². The second-order valence-electron chi connectivity index (χ2n) is 5.91. The number of halogens is 3. The largest absolute Gasteiger partial charge is 0.344 e. The second-order valence-corrected chi connectivity index (χ2v) is 6.30. The summed E-state index contributed by atoms with van der Waals surface area (Å²) in [6.45, 7) is 0.274. The molecule has 0 spiro atoms. The van der Waals surface area contributed by atoms with Crippen molar-refractivity contribution in [1.29, 1.82) is 0 Å². The molecular formula is C16H15ClF2N4O2. The quantitative estimate of drug-likeness (QED) is 0.844. The molecule has 0 bridgehead atoms. The SMILES string of the molecule is CN1C[C@H](c2cc(Cl)n(C)n2)[C@@H](C(=O)Nc2cccc(F)c2F)C1=O. The predicted octanol–water partition coefficient (Wildman–Crippen LogP) is 2.16. The number of benzene rings is 1. The average Bonchev–Trinajstić information content (AvgIpc) is 3.04. The van der Waals surface area contributed by atoms with E-state index in [4.69, 9.17) is 11.6 Å². The first kappa shape index (κ1) is 17.3. The van der Waals surface area contributed by atoms with Crippen LogP contribution in [0.1, 0.15) is 11.6 Å². The molecule has 2 atom stereocenters. The van der Waals surface area contributed by atoms with Gasteiger partial charge < -0.3 is 10.2 Å². The summed E-state index contributed by atoms with van der Waals surface area (Å²) in [7, 11) is 3.21. The fraction of sp³-hybridized carbons (Fsp3) is 0.312. The third-order valence-corrected chi connectivity index (χ3v) is 4.58. The molecule has 1 fully saturated rings. The van der Waals surface area contributed by atoms with Gasteiger partial charge in [-0.15, -0.1) is 0 Å². The van der Waals surface area contributed by atoms with E-state index in [0.29, 0.717) is 10.8 Å². The Balaban J connectivity index is 1.90. The number of carbonyl (C=O) groups is 2. The molecule has 1 aromatic heterocycles. The van der Waals surface area contributed by atoms with E-state index < -0.39 is 35.3 Å². The molecule has 0 radical (unpaired) electrons. The number of aromatic nitrogens is 2. The number of likely N-dealkylation sites (tertiary alicyclic amines) is 1. The van der Waals surface area contributed by atoms with Crippen molar-refractivity contribution >= 4 is 29.1 Å². The number of nitrogens with zero attached hydrogens (tertiary/aromatic N) is 3. The van der Waals surface area contributed by atoms with Crippen molar-refractivity contribution in [2.45, 2.75) is 5.92 Å². The molecule has 25 heavy (non-hydrogen) atoms. The number of rotatable bonds is 3. The van der Waals surface area contributed by atoms with Crippen molar-refractivity contribution in [2.24, 2.45) is 13.0 Å². The summed E-state index contributed by atoms with van der Waals surface area (Å²) in [4.78, 5) is 26.4. The molecule has 2 amide bonds. The molecule has 1 aliphatic heterocycles. The zero-order valence-electron chi connectivity index (χ0n) is 13.5. The van der Waals surface area contributed by atoms with Crippen LogP contribution in [-0.4, -0.2) is 40.1 Å². The lowest BCUT2D eigenvalue weighted by Crippen LogP contribution is -2.33. The zero-order valence-corrected chi connectivity index (χ0v) is 14.2. The molecule has 0 aliphatic carbocycles. The monoisotopic (exact) mass is 368 g/mol. The second kappa shape index (κ2) is 6.44. The Labute approximate surface area is 147 Å². The lowest BCUT2D eigenvalue weighted by Gasteiger charge is -2.15. The van der Waals surface area contributed by atoms with Crippen molar-refractivity contribution in [3.63, 3.8) is 0 Å². The van der Waals surface area contributed by atoms with Gasteiger partial charge >= 0.3 is 0 Å². The number of amides is 2. The number of carbonyl (C=O) groups excluding carboxylic acids is 2. The van der Waals surface area contributed by atoms with Crippen molar-refractivity contribution in [1.82, 2.24) is 14.7 Å². The Hall–Kier alpha value is -2.48. The molecule has 1 N–H and O–H groups in total. The summed E-state index contributed by atoms with van der Waals surface area (Å²) in [5, 5.41) is 6.89. The molecule has 6 nitrogen and oxygen atoms in total. The Morgan fingerprint density at radius 2 is 2.08 bits per heavy atom. The Kier molecular flexibility index (Phi) is 4.47. The van der Waals surface area contributed by atoms with Gasteiger partial charge in [-0.3, -0.25) is 14.3 Å². The summed E-state index contributed by atoms with van der Waals surface area (Å²) in [5.74, 6) is -5.02. The highest BCUT2D eigenvalue weighted by Crippen LogP contribution is 2.34. The van der Waals surface area contributed by atoms with Gasteiger partial charge in [0.15, 0.2) is 11.6 Å². The molecule has 3 rings (SSSR count). The number of nitrogens with one attached hydrogen (secondary N) is 1. The van der Waals surface area contributed by atoms with Crippen molar-refractivity contribution in [3.8, 4) is 0 Å². The van der Waals surface area contributed by atoms with Crippen LogP contribution in [0.15, 0.2) is 24.3 Å². The van der Waals surface area contributed by atoms with Gasteiger partial charge in [0.2, 0.25) is 11.8 Å². The molecule has 0 unspecified atom stereocenters. The van der Waals surface area contributed by atoms with Gasteiger partial charge in [-0.05, 0) is 18.2 Å². The van der Waals surface area contributed by atoms with Crippen LogP contribution in [0.2, 0.25) is 5.15 Å². The third-order valence-electron chi connectivity index (χ3n) is 4.23. The number of hydrogen-bond acceptors (Lipinski definition) is 3. The number of hydrogen-bond donors (Lipinski definition) is 1. The smallest absolute Gasteiger partial charge is 0.237 e. The van der Waals surface area contributed by atoms with E-state index in [2.05, 4.69) is 10.4 Å². The molecular weight excluding hydrogens is 354 g/mol. The van der Waals surface area contributed by atoms with Crippen LogP contribution in [0, 0.1) is 17.6 Å². The molecule has 1 aromatic carbocycles. The van der Waals surface area contributed by atoms with E-state index >= 15 is 0 Å². The first-order valence-corrected chi connectivity index (χ1v) is 7.86. The Morgan fingerprint density at radius 1 is 1.36 bits per heavy atom. The van der Waals surface area contributed by atoms with Gasteiger partial charge in [-0.1, -0.05) is 17.7 Å². The number of aryl methyl sites for hydroxylation is 1. The van der Waals surface area contributed by atoms with Gasteiger partial charge in [0.25, 0.3) is 0 Å². The molecule has 2 aromatic rings. The highest BCUT2D eigenvalue weighted by atomic mass is 35.5. The van der Waals surface area contributed by atoms with Crippen LogP contribution in [0.25, 0.3) is 0 Å². The standard InChI is InChI=1S/C16H15ClF2N4O2/c1-22-7-8(11-6-12(17)23(2)21-11)13(16(22)25)15(24)20-10-5-3-4-9(18)14(10)19/h3-6,8,13H,7H2,1-2H3,(H,20,24)/t8-,13+/m1/s1. The Bertz CT molecular complexity index is 835. The summed E-state index contributed by atoms with van der Waals surface area (Å²) in [6, 6.07) is 5.03. The van der Waals surface area contributed by atoms with Crippen LogP contribution in [-0.2, 0) is 16.6 Å². The first-order chi connectivity index (χ1) is 11.8. The van der Waals surface area contributed by atoms with Gasteiger partial charge in [-0.25, -0.2) is 8.78 Å². The maximum absolute atomic E-state index is 13.8. The minimum absolute atomic E-state index is 0.274. The summed E-state index contributed by atoms with van der Waals surface area (Å²) >= 11 is 5.99. The van der Waals surface area contributed by atoms with Gasteiger partial charge in [0, 0.05) is 26.6 Å². The van der Waals surface area contributed by atoms with E-state index in [-0.39, 0.29) is 12.2 Å². The van der Waals surface area contributed by atoms with Gasteiger partial charge in [-0.2, -0.15) is 5.10 Å². The highest BCUT2D eigenvalue weighted by molar-refractivity contribution is 6.29. The highest BCUT2D eigenvalue weighted by Gasteiger charge is 2.45. The van der Waals surface area contributed by atoms with Gasteiger partial charge in [0.05, 0.1) is 11.4 Å². The van der Waals surface area contributed by atoms with Gasteiger partial charge in [0.1, 0.15) is 11.1 Å². The van der Waals surface area contributed by atoms with Crippen LogP contribution in [0.4, 0.5) is 14.5 Å². The number of likely N-dealkylation sites (N-methyl/N-ethyl adjacent to an activating group) is 1. The van der Waals surface area contributed by atoms with E-state index in [0.717, 1.165) is 6.07 Å². The fourth-order valence-corrected chi connectivity index (χ4v) is 3.07. The van der Waals surface area contributed by atoms with E-state index in [1.807, 2.05) is 0 Å². The van der Waals surface area contributed by atoms with Crippen molar-refractivity contribution in [2.75, 3.05) is 18.9 Å². The molecule has 9 heteroatoms. The van der Waals surface area contributed by atoms with Crippen molar-refractivity contribution in [3.05, 3.63) is 46.7 Å². The third kappa shape index (κ3) is 3.09. The molecule has 1 aliphatic rings. The molecule has 132 valence electrons. The maximum atomic E-state index is 13.8. The summed E-state index contributed by atoms with van der Waals surface area (Å²) in [5.41, 5.74) is 0.176. The topological polar surface area (TPSA) is 67.2 Å². The average molecular weight is 369 g/mol. The van der Waals surface area contributed by atoms with E-state index in [1.54, 1.807) is 20.2 Å². The zero-order chi connectivity index (χ0) is 18.3. The van der Waals surface area contributed by atoms with Crippen LogP contribution >= 0.6 is 11.6 Å². The lowest BCUT2D eigenvalue weighted by molar-refractivity contribution is -0.135. The molecule has 2 heterocycles. The maximum Gasteiger partial charge on any atom is 0.237 e. The summed E-state index contributed by atoms with van der Waals surface area (Å²) < 4.78 is 28.5. The Morgan fingerprint density at radius 3 is 2.72 bits per heavy atom. The normalized spacial score (nSPS) is 20.2. The van der Waals surface area contributed by atoms with Crippen LogP contribution in [0.5, 0.6) is 0 Å². The lowest BCUT2D eigenvalue weighted by atomic mass is 9.91. The minimum Gasteiger partial charge on any atom is -0.344 e. The number of anilines is 1. The molecule has 0 saturated carbocycles. The first-order valence-electron chi connectivity index (χ1n) is 7.49. The fourth-order valence-electron chi connectivity index (χ4n) is 2.92. The minimum atomic E-state index is -1.17. The van der Waals surface area contributed by atoms with Crippen LogP contribution in [0.3, 0.4) is 0 Å².